The van der Waals surface area contributed by atoms with E-state index in [1.165, 1.54) is 6.07 Å². The van der Waals surface area contributed by atoms with E-state index in [9.17, 15) is 9.59 Å². The van der Waals surface area contributed by atoms with Crippen LogP contribution >= 0.6 is 0 Å². The number of carbonyl (C=O) groups is 2. The van der Waals surface area contributed by atoms with Crippen molar-refractivity contribution in [3.05, 3.63) is 29.3 Å². The van der Waals surface area contributed by atoms with Crippen LogP contribution in [-0.4, -0.2) is 48.3 Å². The number of hydrogen-bond donors (Lipinski definition) is 2. The number of nitrogens with one attached hydrogen (secondary N) is 1. The summed E-state index contributed by atoms with van der Waals surface area (Å²) >= 11 is 0. The number of amides is 2. The SMILES string of the molecule is COC1CCCN(C(=O)Nc2cccc(C(=O)O)c2C)C1. The van der Waals surface area contributed by atoms with Crippen molar-refractivity contribution in [2.75, 3.05) is 25.5 Å². The molecule has 1 aromatic rings. The van der Waals surface area contributed by atoms with E-state index in [1.807, 2.05) is 0 Å². The fourth-order valence-electron chi connectivity index (χ4n) is 2.51. The number of ether oxygens (including phenoxy) is 1. The van der Waals surface area contributed by atoms with Gasteiger partial charge in [0.15, 0.2) is 0 Å². The summed E-state index contributed by atoms with van der Waals surface area (Å²) in [5.41, 5.74) is 1.28. The number of carboxylic acids is 1. The highest BCUT2D eigenvalue weighted by Gasteiger charge is 2.24. The van der Waals surface area contributed by atoms with E-state index >= 15 is 0 Å². The molecule has 0 saturated carbocycles. The first kappa shape index (κ1) is 15.3. The molecule has 6 heteroatoms. The predicted octanol–water partition coefficient (Wildman–Crippen LogP) is 2.34. The second kappa shape index (κ2) is 6.58. The molecular weight excluding hydrogens is 272 g/mol. The average Bonchev–Trinajstić information content (AvgIpc) is 2.49. The van der Waals surface area contributed by atoms with Gasteiger partial charge in [-0.25, -0.2) is 9.59 Å². The van der Waals surface area contributed by atoms with E-state index in [0.29, 0.717) is 24.3 Å². The van der Waals surface area contributed by atoms with Gasteiger partial charge in [0, 0.05) is 25.9 Å². The summed E-state index contributed by atoms with van der Waals surface area (Å²) in [6.45, 7) is 2.93. The number of urea groups is 1. The van der Waals surface area contributed by atoms with Crippen LogP contribution in [0, 0.1) is 6.92 Å². The molecule has 1 atom stereocenters. The van der Waals surface area contributed by atoms with Crippen molar-refractivity contribution in [2.24, 2.45) is 0 Å². The van der Waals surface area contributed by atoms with Crippen LogP contribution in [0.15, 0.2) is 18.2 Å². The number of aromatic carboxylic acids is 1. The molecule has 1 unspecified atom stereocenters. The highest BCUT2D eigenvalue weighted by molar-refractivity contribution is 5.95. The molecule has 0 bridgehead atoms. The third-order valence-electron chi connectivity index (χ3n) is 3.80. The van der Waals surface area contributed by atoms with Gasteiger partial charge < -0.3 is 20.1 Å². The number of benzene rings is 1. The lowest BCUT2D eigenvalue weighted by Gasteiger charge is -2.32. The number of hydrogen-bond acceptors (Lipinski definition) is 3. The Hall–Kier alpha value is -2.08. The van der Waals surface area contributed by atoms with E-state index in [1.54, 1.807) is 31.1 Å². The monoisotopic (exact) mass is 292 g/mol. The Kier molecular flexibility index (Phi) is 4.80. The first-order valence-corrected chi connectivity index (χ1v) is 6.94. The van der Waals surface area contributed by atoms with Crippen LogP contribution in [0.4, 0.5) is 10.5 Å². The highest BCUT2D eigenvalue weighted by atomic mass is 16.5. The van der Waals surface area contributed by atoms with Crippen LogP contribution in [0.5, 0.6) is 0 Å². The van der Waals surface area contributed by atoms with Crippen LogP contribution < -0.4 is 5.32 Å². The molecule has 2 N–H and O–H groups in total. The van der Waals surface area contributed by atoms with Crippen molar-refractivity contribution in [2.45, 2.75) is 25.9 Å². The van der Waals surface area contributed by atoms with E-state index < -0.39 is 5.97 Å². The molecule has 21 heavy (non-hydrogen) atoms. The molecule has 114 valence electrons. The van der Waals surface area contributed by atoms with Gasteiger partial charge in [-0.3, -0.25) is 0 Å². The van der Waals surface area contributed by atoms with Gasteiger partial charge in [0.25, 0.3) is 0 Å². The molecule has 0 aromatic heterocycles. The Bertz CT molecular complexity index is 544. The molecule has 2 rings (SSSR count). The maximum atomic E-state index is 12.3. The van der Waals surface area contributed by atoms with Gasteiger partial charge in [-0.1, -0.05) is 6.07 Å². The predicted molar refractivity (Wildman–Crippen MR) is 78.8 cm³/mol. The van der Waals surface area contributed by atoms with Crippen molar-refractivity contribution in [1.29, 1.82) is 0 Å². The number of nitrogens with zero attached hydrogens (tertiary/aromatic N) is 1. The minimum atomic E-state index is -0.999. The van der Waals surface area contributed by atoms with Crippen LogP contribution in [0.2, 0.25) is 0 Å². The molecule has 2 amide bonds. The summed E-state index contributed by atoms with van der Waals surface area (Å²) in [5, 5.41) is 11.9. The summed E-state index contributed by atoms with van der Waals surface area (Å²) in [6.07, 6.45) is 1.92. The molecule has 1 heterocycles. The number of anilines is 1. The minimum absolute atomic E-state index is 0.0657. The normalized spacial score (nSPS) is 18.4. The maximum absolute atomic E-state index is 12.3. The van der Waals surface area contributed by atoms with E-state index in [2.05, 4.69) is 5.32 Å². The first-order valence-electron chi connectivity index (χ1n) is 6.94. The van der Waals surface area contributed by atoms with E-state index in [0.717, 1.165) is 12.8 Å². The molecular formula is C15H20N2O4. The van der Waals surface area contributed by atoms with Gasteiger partial charge >= 0.3 is 12.0 Å². The molecule has 1 aromatic carbocycles. The van der Waals surface area contributed by atoms with Gasteiger partial charge in [0.05, 0.1) is 11.7 Å². The molecule has 1 aliphatic heterocycles. The van der Waals surface area contributed by atoms with Gasteiger partial charge in [0.1, 0.15) is 0 Å². The van der Waals surface area contributed by atoms with Crippen LogP contribution in [0.25, 0.3) is 0 Å². The number of rotatable bonds is 3. The molecule has 1 fully saturated rings. The zero-order chi connectivity index (χ0) is 15.4. The van der Waals surface area contributed by atoms with E-state index in [-0.39, 0.29) is 17.7 Å². The van der Waals surface area contributed by atoms with Crippen molar-refractivity contribution < 1.29 is 19.4 Å². The molecule has 0 spiro atoms. The number of likely N-dealkylation sites (tertiary alicyclic amines) is 1. The maximum Gasteiger partial charge on any atom is 0.336 e. The summed E-state index contributed by atoms with van der Waals surface area (Å²) < 4.78 is 5.30. The molecule has 0 aliphatic carbocycles. The highest BCUT2D eigenvalue weighted by Crippen LogP contribution is 2.20. The second-order valence-electron chi connectivity index (χ2n) is 5.16. The lowest BCUT2D eigenvalue weighted by molar-refractivity contribution is 0.0458. The quantitative estimate of drug-likeness (QED) is 0.896. The smallest absolute Gasteiger partial charge is 0.336 e. The third-order valence-corrected chi connectivity index (χ3v) is 3.80. The van der Waals surface area contributed by atoms with Crippen LogP contribution in [0.3, 0.4) is 0 Å². The molecule has 1 aliphatic rings. The lowest BCUT2D eigenvalue weighted by Crippen LogP contribution is -2.45. The lowest BCUT2D eigenvalue weighted by atomic mass is 10.1. The largest absolute Gasteiger partial charge is 0.478 e. The van der Waals surface area contributed by atoms with Crippen molar-refractivity contribution in [3.8, 4) is 0 Å². The Morgan fingerprint density at radius 2 is 2.19 bits per heavy atom. The minimum Gasteiger partial charge on any atom is -0.478 e. The second-order valence-corrected chi connectivity index (χ2v) is 5.16. The Morgan fingerprint density at radius 3 is 2.86 bits per heavy atom. The fourth-order valence-corrected chi connectivity index (χ4v) is 2.51. The van der Waals surface area contributed by atoms with E-state index in [4.69, 9.17) is 9.84 Å². The fraction of sp³-hybridized carbons (Fsp3) is 0.467. The van der Waals surface area contributed by atoms with Gasteiger partial charge in [-0.05, 0) is 37.5 Å². The molecule has 6 nitrogen and oxygen atoms in total. The Balaban J connectivity index is 2.09. The molecule has 1 saturated heterocycles. The van der Waals surface area contributed by atoms with Crippen LogP contribution in [0.1, 0.15) is 28.8 Å². The summed E-state index contributed by atoms with van der Waals surface area (Å²) in [5.74, 6) is -0.999. The number of methoxy groups -OCH3 is 1. The summed E-state index contributed by atoms with van der Waals surface area (Å²) in [4.78, 5) is 25.1. The van der Waals surface area contributed by atoms with Gasteiger partial charge in [-0.15, -0.1) is 0 Å². The van der Waals surface area contributed by atoms with Crippen LogP contribution in [-0.2, 0) is 4.74 Å². The Morgan fingerprint density at radius 1 is 1.43 bits per heavy atom. The standard InChI is InChI=1S/C15H20N2O4/c1-10-12(14(18)19)6-3-7-13(10)16-15(20)17-8-4-5-11(9-17)21-2/h3,6-7,11H,4-5,8-9H2,1-2H3,(H,16,20)(H,18,19). The Labute approximate surface area is 123 Å². The zero-order valence-corrected chi connectivity index (χ0v) is 12.3. The number of carbonyl (C=O) groups excluding carboxylic acids is 1. The molecule has 0 radical (unpaired) electrons. The summed E-state index contributed by atoms with van der Waals surface area (Å²) in [7, 11) is 1.65. The average molecular weight is 292 g/mol. The summed E-state index contributed by atoms with van der Waals surface area (Å²) in [6, 6.07) is 4.63. The van der Waals surface area contributed by atoms with Crippen molar-refractivity contribution in [1.82, 2.24) is 4.90 Å². The van der Waals surface area contributed by atoms with Gasteiger partial charge in [0.2, 0.25) is 0 Å². The number of piperidine rings is 1. The topological polar surface area (TPSA) is 78.9 Å². The number of carboxylic acid groups (broad SMARTS) is 1. The van der Waals surface area contributed by atoms with Crippen molar-refractivity contribution >= 4 is 17.7 Å². The van der Waals surface area contributed by atoms with Crippen molar-refractivity contribution in [3.63, 3.8) is 0 Å². The van der Waals surface area contributed by atoms with Gasteiger partial charge in [-0.2, -0.15) is 0 Å². The third kappa shape index (κ3) is 3.52. The first-order chi connectivity index (χ1) is 10.0. The zero-order valence-electron chi connectivity index (χ0n) is 12.3.